The van der Waals surface area contributed by atoms with E-state index in [1.165, 1.54) is 0 Å². The number of aromatic nitrogens is 1. The van der Waals surface area contributed by atoms with Crippen LogP contribution in [0.5, 0.6) is 0 Å². The highest BCUT2D eigenvalue weighted by Gasteiger charge is 2.13. The lowest BCUT2D eigenvalue weighted by Gasteiger charge is -2.15. The van der Waals surface area contributed by atoms with Gasteiger partial charge in [0.1, 0.15) is 11.6 Å². The first kappa shape index (κ1) is 12.1. The Morgan fingerprint density at radius 2 is 2.29 bits per heavy atom. The third kappa shape index (κ3) is 3.31. The lowest BCUT2D eigenvalue weighted by molar-refractivity contribution is 0.273. The number of rotatable bonds is 5. The molecule has 2 heterocycles. The number of hydrogen-bond acceptors (Lipinski definition) is 4. The summed E-state index contributed by atoms with van der Waals surface area (Å²) < 4.78 is 6.26. The zero-order valence-electron chi connectivity index (χ0n) is 9.14. The van der Waals surface area contributed by atoms with Crippen LogP contribution in [0.25, 0.3) is 0 Å². The van der Waals surface area contributed by atoms with E-state index in [1.807, 2.05) is 24.3 Å². The normalized spacial score (nSPS) is 12.4. The molecule has 0 saturated heterocycles. The van der Waals surface area contributed by atoms with E-state index >= 15 is 0 Å². The number of anilines is 1. The maximum atomic E-state index is 9.05. The summed E-state index contributed by atoms with van der Waals surface area (Å²) in [4.78, 5) is 4.23. The molecule has 0 saturated carbocycles. The van der Waals surface area contributed by atoms with Gasteiger partial charge in [-0.3, -0.25) is 0 Å². The molecule has 0 fully saturated rings. The van der Waals surface area contributed by atoms with Crippen LogP contribution in [0.15, 0.2) is 45.6 Å². The van der Waals surface area contributed by atoms with Crippen LogP contribution in [-0.2, 0) is 0 Å². The van der Waals surface area contributed by atoms with Gasteiger partial charge in [-0.25, -0.2) is 4.98 Å². The molecule has 0 amide bonds. The predicted octanol–water partition coefficient (Wildman–Crippen LogP) is 2.97. The predicted molar refractivity (Wildman–Crippen MR) is 68.7 cm³/mol. The standard InChI is InChI=1S/C12H13BrN2O2/c13-9-3-4-12(14-8-9)15-10(5-6-16)11-2-1-7-17-11/h1-4,7-8,10,16H,5-6H2,(H,14,15). The fraction of sp³-hybridized carbons (Fsp3) is 0.250. The van der Waals surface area contributed by atoms with Crippen molar-refractivity contribution in [2.24, 2.45) is 0 Å². The summed E-state index contributed by atoms with van der Waals surface area (Å²) in [5.41, 5.74) is 0. The molecule has 0 spiro atoms. The first-order valence-corrected chi connectivity index (χ1v) is 6.11. The SMILES string of the molecule is OCCC(Nc1ccc(Br)cn1)c1ccco1. The molecule has 0 aliphatic carbocycles. The van der Waals surface area contributed by atoms with E-state index < -0.39 is 0 Å². The Balaban J connectivity index is 2.10. The molecule has 4 nitrogen and oxygen atoms in total. The molecule has 90 valence electrons. The van der Waals surface area contributed by atoms with Gasteiger partial charge in [0.2, 0.25) is 0 Å². The minimum absolute atomic E-state index is 0.0660. The molecule has 1 atom stereocenters. The van der Waals surface area contributed by atoms with E-state index in [0.29, 0.717) is 6.42 Å². The molecule has 0 bridgehead atoms. The molecular weight excluding hydrogens is 284 g/mol. The largest absolute Gasteiger partial charge is 0.467 e. The van der Waals surface area contributed by atoms with Gasteiger partial charge >= 0.3 is 0 Å². The van der Waals surface area contributed by atoms with Gasteiger partial charge in [0.15, 0.2) is 0 Å². The monoisotopic (exact) mass is 296 g/mol. The molecule has 2 N–H and O–H groups in total. The zero-order chi connectivity index (χ0) is 12.1. The average Bonchev–Trinajstić information content (AvgIpc) is 2.85. The van der Waals surface area contributed by atoms with Crippen molar-refractivity contribution in [3.63, 3.8) is 0 Å². The summed E-state index contributed by atoms with van der Waals surface area (Å²) in [6.45, 7) is 0.0922. The van der Waals surface area contributed by atoms with Crippen molar-refractivity contribution in [1.29, 1.82) is 0 Å². The van der Waals surface area contributed by atoms with Crippen LogP contribution in [-0.4, -0.2) is 16.7 Å². The third-order valence-electron chi connectivity index (χ3n) is 2.35. The first-order valence-electron chi connectivity index (χ1n) is 5.32. The second-order valence-electron chi connectivity index (χ2n) is 3.59. The summed E-state index contributed by atoms with van der Waals surface area (Å²) in [6, 6.07) is 7.43. The zero-order valence-corrected chi connectivity index (χ0v) is 10.7. The van der Waals surface area contributed by atoms with E-state index in [1.54, 1.807) is 12.5 Å². The topological polar surface area (TPSA) is 58.3 Å². The molecule has 2 aromatic heterocycles. The Kier molecular flexibility index (Phi) is 4.17. The minimum Gasteiger partial charge on any atom is -0.467 e. The highest BCUT2D eigenvalue weighted by molar-refractivity contribution is 9.10. The van der Waals surface area contributed by atoms with Gasteiger partial charge in [0, 0.05) is 17.3 Å². The molecule has 1 unspecified atom stereocenters. The summed E-state index contributed by atoms with van der Waals surface area (Å²) in [7, 11) is 0. The molecule has 2 rings (SSSR count). The van der Waals surface area contributed by atoms with Crippen LogP contribution in [0.4, 0.5) is 5.82 Å². The molecular formula is C12H13BrN2O2. The lowest BCUT2D eigenvalue weighted by atomic mass is 10.1. The average molecular weight is 297 g/mol. The maximum absolute atomic E-state index is 9.05. The van der Waals surface area contributed by atoms with Crippen LogP contribution in [0.1, 0.15) is 18.2 Å². The first-order chi connectivity index (χ1) is 8.29. The van der Waals surface area contributed by atoms with E-state index in [4.69, 9.17) is 9.52 Å². The van der Waals surface area contributed by atoms with E-state index in [9.17, 15) is 0 Å². The fourth-order valence-electron chi connectivity index (χ4n) is 1.54. The summed E-state index contributed by atoms with van der Waals surface area (Å²) in [6.07, 6.45) is 3.92. The Morgan fingerprint density at radius 1 is 1.41 bits per heavy atom. The van der Waals surface area contributed by atoms with Gasteiger partial charge in [-0.1, -0.05) is 0 Å². The van der Waals surface area contributed by atoms with E-state index in [0.717, 1.165) is 16.1 Å². The summed E-state index contributed by atoms with van der Waals surface area (Å²) in [5.74, 6) is 1.55. The van der Waals surface area contributed by atoms with E-state index in [2.05, 4.69) is 26.2 Å². The number of halogens is 1. The quantitative estimate of drug-likeness (QED) is 0.891. The Labute approximate surface area is 108 Å². The second kappa shape index (κ2) is 5.84. The van der Waals surface area contributed by atoms with E-state index in [-0.39, 0.29) is 12.6 Å². The van der Waals surface area contributed by atoms with Gasteiger partial charge in [0.05, 0.1) is 12.3 Å². The molecule has 0 aliphatic rings. The molecule has 2 aromatic rings. The van der Waals surface area contributed by atoms with Gasteiger partial charge in [0.25, 0.3) is 0 Å². The van der Waals surface area contributed by atoms with Crippen LogP contribution < -0.4 is 5.32 Å². The van der Waals surface area contributed by atoms with Gasteiger partial charge < -0.3 is 14.8 Å². The number of furan rings is 1. The van der Waals surface area contributed by atoms with Gasteiger partial charge in [-0.05, 0) is 46.6 Å². The Hall–Kier alpha value is -1.33. The maximum Gasteiger partial charge on any atom is 0.126 e. The van der Waals surface area contributed by atoms with Gasteiger partial charge in [-0.2, -0.15) is 0 Å². The Morgan fingerprint density at radius 3 is 2.88 bits per heavy atom. The Bertz CT molecular complexity index is 442. The number of nitrogens with one attached hydrogen (secondary N) is 1. The molecule has 0 radical (unpaired) electrons. The van der Waals surface area contributed by atoms with Gasteiger partial charge in [-0.15, -0.1) is 0 Å². The minimum atomic E-state index is -0.0660. The summed E-state index contributed by atoms with van der Waals surface area (Å²) in [5, 5.41) is 12.3. The fourth-order valence-corrected chi connectivity index (χ4v) is 1.78. The van der Waals surface area contributed by atoms with Crippen molar-refractivity contribution in [2.75, 3.05) is 11.9 Å². The molecule has 0 aromatic carbocycles. The number of hydrogen-bond donors (Lipinski definition) is 2. The van der Waals surface area contributed by atoms with Crippen molar-refractivity contribution >= 4 is 21.7 Å². The van der Waals surface area contributed by atoms with Crippen LogP contribution >= 0.6 is 15.9 Å². The summed E-state index contributed by atoms with van der Waals surface area (Å²) >= 11 is 3.33. The lowest BCUT2D eigenvalue weighted by Crippen LogP contribution is -2.12. The van der Waals surface area contributed by atoms with Crippen molar-refractivity contribution in [3.05, 3.63) is 47.0 Å². The van der Waals surface area contributed by atoms with Crippen molar-refractivity contribution in [3.8, 4) is 0 Å². The highest BCUT2D eigenvalue weighted by Crippen LogP contribution is 2.22. The smallest absolute Gasteiger partial charge is 0.126 e. The number of aliphatic hydroxyl groups is 1. The van der Waals surface area contributed by atoms with Crippen LogP contribution in [0.2, 0.25) is 0 Å². The number of aliphatic hydroxyl groups excluding tert-OH is 1. The van der Waals surface area contributed by atoms with Crippen molar-refractivity contribution in [2.45, 2.75) is 12.5 Å². The number of nitrogens with zero attached hydrogens (tertiary/aromatic N) is 1. The number of pyridine rings is 1. The second-order valence-corrected chi connectivity index (χ2v) is 4.50. The van der Waals surface area contributed by atoms with Crippen LogP contribution in [0, 0.1) is 0 Å². The van der Waals surface area contributed by atoms with Crippen LogP contribution in [0.3, 0.4) is 0 Å². The third-order valence-corrected chi connectivity index (χ3v) is 2.82. The molecule has 5 heteroatoms. The highest BCUT2D eigenvalue weighted by atomic mass is 79.9. The van der Waals surface area contributed by atoms with Crippen molar-refractivity contribution < 1.29 is 9.52 Å². The molecule has 0 aliphatic heterocycles. The molecule has 17 heavy (non-hydrogen) atoms. The van der Waals surface area contributed by atoms with Crippen molar-refractivity contribution in [1.82, 2.24) is 4.98 Å².